The second kappa shape index (κ2) is 3.43. The highest BCUT2D eigenvalue weighted by Gasteiger charge is 2.47. The van der Waals surface area contributed by atoms with Crippen LogP contribution in [-0.4, -0.2) is 16.2 Å². The summed E-state index contributed by atoms with van der Waals surface area (Å²) < 4.78 is 26.3. The van der Waals surface area contributed by atoms with Crippen LogP contribution in [0.3, 0.4) is 0 Å². The van der Waals surface area contributed by atoms with E-state index in [4.69, 9.17) is 10.2 Å². The molecule has 2 N–H and O–H groups in total. The van der Waals surface area contributed by atoms with E-state index in [1.807, 2.05) is 0 Å². The molecule has 5 heteroatoms. The first-order valence-corrected chi connectivity index (χ1v) is 4.89. The molecule has 16 heavy (non-hydrogen) atoms. The van der Waals surface area contributed by atoms with Crippen LogP contribution in [0.15, 0.2) is 12.1 Å². The molecule has 1 aliphatic carbocycles. The summed E-state index contributed by atoms with van der Waals surface area (Å²) in [4.78, 5) is 11.1. The van der Waals surface area contributed by atoms with Crippen molar-refractivity contribution in [3.63, 3.8) is 0 Å². The van der Waals surface area contributed by atoms with Gasteiger partial charge in [-0.25, -0.2) is 8.78 Å². The SMILES string of the molecule is O=C(O)C1(c2cc(O)c(F)cc2F)CCC1. The van der Waals surface area contributed by atoms with Crippen molar-refractivity contribution < 1.29 is 23.8 Å². The second-order valence-electron chi connectivity index (χ2n) is 4.02. The van der Waals surface area contributed by atoms with Gasteiger partial charge in [0.15, 0.2) is 11.6 Å². The predicted octanol–water partition coefficient (Wildman–Crippen LogP) is 2.18. The summed E-state index contributed by atoms with van der Waals surface area (Å²) in [5, 5.41) is 18.2. The van der Waals surface area contributed by atoms with Crippen molar-refractivity contribution in [2.24, 2.45) is 0 Å². The van der Waals surface area contributed by atoms with Gasteiger partial charge in [0.25, 0.3) is 0 Å². The van der Waals surface area contributed by atoms with Crippen LogP contribution < -0.4 is 0 Å². The highest BCUT2D eigenvalue weighted by Crippen LogP contribution is 2.46. The lowest BCUT2D eigenvalue weighted by atomic mass is 9.64. The zero-order chi connectivity index (χ0) is 11.9. The number of carboxylic acids is 1. The van der Waals surface area contributed by atoms with Crippen LogP contribution in [0.25, 0.3) is 0 Å². The van der Waals surface area contributed by atoms with Crippen molar-refractivity contribution in [1.29, 1.82) is 0 Å². The Balaban J connectivity index is 2.55. The fourth-order valence-electron chi connectivity index (χ4n) is 2.03. The number of hydrogen-bond acceptors (Lipinski definition) is 2. The number of halogens is 2. The Kier molecular flexibility index (Phi) is 2.33. The van der Waals surface area contributed by atoms with E-state index in [1.54, 1.807) is 0 Å². The van der Waals surface area contributed by atoms with E-state index in [0.29, 0.717) is 25.3 Å². The largest absolute Gasteiger partial charge is 0.505 e. The fourth-order valence-corrected chi connectivity index (χ4v) is 2.03. The lowest BCUT2D eigenvalue weighted by Gasteiger charge is -2.38. The Morgan fingerprint density at radius 1 is 1.25 bits per heavy atom. The van der Waals surface area contributed by atoms with E-state index in [9.17, 15) is 13.6 Å². The van der Waals surface area contributed by atoms with Gasteiger partial charge in [0, 0.05) is 11.6 Å². The molecule has 86 valence electrons. The number of aliphatic carboxylic acids is 1. The van der Waals surface area contributed by atoms with E-state index < -0.39 is 28.8 Å². The summed E-state index contributed by atoms with van der Waals surface area (Å²) in [7, 11) is 0. The average molecular weight is 228 g/mol. The van der Waals surface area contributed by atoms with Crippen LogP contribution >= 0.6 is 0 Å². The molecule has 1 fully saturated rings. The minimum Gasteiger partial charge on any atom is -0.505 e. The van der Waals surface area contributed by atoms with E-state index in [-0.39, 0.29) is 5.56 Å². The number of phenolic OH excluding ortho intramolecular Hbond substituents is 1. The molecule has 3 nitrogen and oxygen atoms in total. The molecule has 0 amide bonds. The van der Waals surface area contributed by atoms with Gasteiger partial charge in [0.05, 0.1) is 5.41 Å². The Morgan fingerprint density at radius 2 is 1.88 bits per heavy atom. The summed E-state index contributed by atoms with van der Waals surface area (Å²) in [5.41, 5.74) is -1.43. The number of phenols is 1. The minimum atomic E-state index is -1.30. The molecule has 0 bridgehead atoms. The first kappa shape index (κ1) is 10.9. The van der Waals surface area contributed by atoms with Crippen LogP contribution in [0.5, 0.6) is 5.75 Å². The topological polar surface area (TPSA) is 57.5 Å². The fraction of sp³-hybridized carbons (Fsp3) is 0.364. The van der Waals surface area contributed by atoms with Crippen LogP contribution in [0.4, 0.5) is 8.78 Å². The average Bonchev–Trinajstić information content (AvgIpc) is 2.11. The number of rotatable bonds is 2. The molecular weight excluding hydrogens is 218 g/mol. The van der Waals surface area contributed by atoms with E-state index >= 15 is 0 Å². The number of aromatic hydroxyl groups is 1. The standard InChI is InChI=1S/C11H10F2O3/c12-7-5-8(13)9(14)4-6(7)11(10(15)16)2-1-3-11/h4-5,14H,1-3H2,(H,15,16). The van der Waals surface area contributed by atoms with Crippen LogP contribution in [0.1, 0.15) is 24.8 Å². The van der Waals surface area contributed by atoms with Gasteiger partial charge in [-0.15, -0.1) is 0 Å². The predicted molar refractivity (Wildman–Crippen MR) is 51.2 cm³/mol. The maximum Gasteiger partial charge on any atom is 0.314 e. The molecule has 1 aliphatic rings. The third-order valence-corrected chi connectivity index (χ3v) is 3.17. The number of carbonyl (C=O) groups is 1. The van der Waals surface area contributed by atoms with Crippen molar-refractivity contribution in [3.8, 4) is 5.75 Å². The summed E-state index contributed by atoms with van der Waals surface area (Å²) in [6.07, 6.45) is 1.30. The summed E-state index contributed by atoms with van der Waals surface area (Å²) in [6, 6.07) is 1.39. The van der Waals surface area contributed by atoms with Crippen LogP contribution in [0.2, 0.25) is 0 Å². The van der Waals surface area contributed by atoms with Crippen LogP contribution in [-0.2, 0) is 10.2 Å². The molecule has 0 aliphatic heterocycles. The third kappa shape index (κ3) is 1.35. The minimum absolute atomic E-state index is 0.134. The van der Waals surface area contributed by atoms with Crippen molar-refractivity contribution >= 4 is 5.97 Å². The van der Waals surface area contributed by atoms with E-state index in [2.05, 4.69) is 0 Å². The molecule has 1 aromatic rings. The third-order valence-electron chi connectivity index (χ3n) is 3.17. The highest BCUT2D eigenvalue weighted by atomic mass is 19.1. The molecule has 0 radical (unpaired) electrons. The molecule has 0 heterocycles. The van der Waals surface area contributed by atoms with Crippen molar-refractivity contribution in [1.82, 2.24) is 0 Å². The first-order chi connectivity index (χ1) is 7.47. The maximum atomic E-state index is 13.5. The van der Waals surface area contributed by atoms with Gasteiger partial charge in [-0.3, -0.25) is 4.79 Å². The molecule has 1 saturated carbocycles. The van der Waals surface area contributed by atoms with E-state index in [0.717, 1.165) is 6.07 Å². The number of carboxylic acid groups (broad SMARTS) is 1. The molecule has 0 unspecified atom stereocenters. The van der Waals surface area contributed by atoms with Gasteiger partial charge < -0.3 is 10.2 Å². The summed E-state index contributed by atoms with van der Waals surface area (Å²) in [6.45, 7) is 0. The monoisotopic (exact) mass is 228 g/mol. The molecule has 0 saturated heterocycles. The Labute approximate surface area is 90.3 Å². The molecule has 1 aromatic carbocycles. The van der Waals surface area contributed by atoms with Crippen molar-refractivity contribution in [3.05, 3.63) is 29.3 Å². The quantitative estimate of drug-likeness (QED) is 0.815. The van der Waals surface area contributed by atoms with Gasteiger partial charge in [-0.1, -0.05) is 6.42 Å². The Morgan fingerprint density at radius 3 is 2.31 bits per heavy atom. The lowest BCUT2D eigenvalue weighted by Crippen LogP contribution is -2.43. The second-order valence-corrected chi connectivity index (χ2v) is 4.02. The lowest BCUT2D eigenvalue weighted by molar-refractivity contribution is -0.147. The zero-order valence-corrected chi connectivity index (χ0v) is 8.33. The molecule has 2 rings (SSSR count). The van der Waals surface area contributed by atoms with Gasteiger partial charge in [0.1, 0.15) is 5.82 Å². The Hall–Kier alpha value is -1.65. The van der Waals surface area contributed by atoms with E-state index in [1.165, 1.54) is 0 Å². The molecular formula is C11H10F2O3. The molecule has 0 spiro atoms. The zero-order valence-electron chi connectivity index (χ0n) is 8.33. The number of hydrogen-bond donors (Lipinski definition) is 2. The highest BCUT2D eigenvalue weighted by molar-refractivity contribution is 5.82. The smallest absolute Gasteiger partial charge is 0.314 e. The normalized spacial score (nSPS) is 17.9. The van der Waals surface area contributed by atoms with Gasteiger partial charge in [-0.2, -0.15) is 0 Å². The summed E-state index contributed by atoms with van der Waals surface area (Å²) in [5.74, 6) is -3.86. The molecule has 0 atom stereocenters. The van der Waals surface area contributed by atoms with Gasteiger partial charge in [0.2, 0.25) is 0 Å². The number of benzene rings is 1. The van der Waals surface area contributed by atoms with Gasteiger partial charge in [-0.05, 0) is 18.9 Å². The van der Waals surface area contributed by atoms with Crippen molar-refractivity contribution in [2.75, 3.05) is 0 Å². The first-order valence-electron chi connectivity index (χ1n) is 4.89. The van der Waals surface area contributed by atoms with Crippen LogP contribution in [0, 0.1) is 11.6 Å². The van der Waals surface area contributed by atoms with Crippen molar-refractivity contribution in [2.45, 2.75) is 24.7 Å². The maximum absolute atomic E-state index is 13.5. The van der Waals surface area contributed by atoms with Gasteiger partial charge >= 0.3 is 5.97 Å². The molecule has 0 aromatic heterocycles. The summed E-state index contributed by atoms with van der Waals surface area (Å²) >= 11 is 0. The Bertz CT molecular complexity index is 453.